The molecule has 4 rings (SSSR count). The standard InChI is InChI=1S/C19H13N2O4/c22-18-15-8-4-7-13-9-14(21(24)25)10-16(17(13)15)19(23)20(18)11-12-5-2-1-3-6-12/h1-10,24H,11H2/q-1. The highest BCUT2D eigenvalue weighted by Crippen LogP contribution is 2.34. The first-order valence-electron chi connectivity index (χ1n) is 7.69. The number of amides is 2. The molecule has 0 bridgehead atoms. The van der Waals surface area contributed by atoms with Gasteiger partial charge in [-0.05, 0) is 29.1 Å². The summed E-state index contributed by atoms with van der Waals surface area (Å²) < 4.78 is 0. The van der Waals surface area contributed by atoms with Crippen molar-refractivity contribution in [2.75, 3.05) is 5.23 Å². The van der Waals surface area contributed by atoms with E-state index in [1.807, 2.05) is 30.3 Å². The first-order valence-corrected chi connectivity index (χ1v) is 7.69. The second-order valence-electron chi connectivity index (χ2n) is 5.85. The molecule has 0 saturated carbocycles. The van der Waals surface area contributed by atoms with Crippen molar-refractivity contribution < 1.29 is 14.8 Å². The molecule has 0 aliphatic carbocycles. The van der Waals surface area contributed by atoms with Crippen LogP contribution in [0.15, 0.2) is 60.7 Å². The van der Waals surface area contributed by atoms with E-state index in [0.29, 0.717) is 16.3 Å². The first-order chi connectivity index (χ1) is 12.1. The summed E-state index contributed by atoms with van der Waals surface area (Å²) in [5.74, 6) is -0.857. The van der Waals surface area contributed by atoms with Crippen molar-refractivity contribution in [1.82, 2.24) is 4.90 Å². The minimum Gasteiger partial charge on any atom is -0.733 e. The van der Waals surface area contributed by atoms with Crippen LogP contribution in [0.5, 0.6) is 0 Å². The Labute approximate surface area is 143 Å². The topological polar surface area (TPSA) is 83.9 Å². The lowest BCUT2D eigenvalue weighted by molar-refractivity contribution is 0.0598. The average Bonchev–Trinajstić information content (AvgIpc) is 2.63. The van der Waals surface area contributed by atoms with Crippen LogP contribution in [0.25, 0.3) is 10.8 Å². The van der Waals surface area contributed by atoms with Crippen molar-refractivity contribution in [2.45, 2.75) is 6.54 Å². The largest absolute Gasteiger partial charge is 0.733 e. The Morgan fingerprint density at radius 2 is 1.64 bits per heavy atom. The number of carbonyl (C=O) groups is 2. The van der Waals surface area contributed by atoms with Gasteiger partial charge in [0.15, 0.2) is 0 Å². The van der Waals surface area contributed by atoms with E-state index in [2.05, 4.69) is 0 Å². The fourth-order valence-electron chi connectivity index (χ4n) is 3.16. The van der Waals surface area contributed by atoms with E-state index in [9.17, 15) is 20.0 Å². The molecule has 0 saturated heterocycles. The van der Waals surface area contributed by atoms with Crippen LogP contribution in [0.3, 0.4) is 0 Å². The van der Waals surface area contributed by atoms with E-state index in [4.69, 9.17) is 0 Å². The van der Waals surface area contributed by atoms with Gasteiger partial charge in [-0.15, -0.1) is 0 Å². The van der Waals surface area contributed by atoms with Crippen LogP contribution in [0.1, 0.15) is 26.3 Å². The molecule has 3 aromatic carbocycles. The molecule has 0 spiro atoms. The molecular weight excluding hydrogens is 320 g/mol. The fraction of sp³-hybridized carbons (Fsp3) is 0.0526. The van der Waals surface area contributed by atoms with Gasteiger partial charge >= 0.3 is 0 Å². The monoisotopic (exact) mass is 333 g/mol. The van der Waals surface area contributed by atoms with Crippen molar-refractivity contribution in [1.29, 1.82) is 0 Å². The van der Waals surface area contributed by atoms with Crippen molar-refractivity contribution in [2.24, 2.45) is 0 Å². The van der Waals surface area contributed by atoms with E-state index in [1.54, 1.807) is 18.2 Å². The third-order valence-corrected chi connectivity index (χ3v) is 4.32. The summed E-state index contributed by atoms with van der Waals surface area (Å²) in [5, 5.41) is 21.3. The van der Waals surface area contributed by atoms with Gasteiger partial charge in [-0.2, -0.15) is 0 Å². The van der Waals surface area contributed by atoms with Crippen molar-refractivity contribution in [3.05, 3.63) is 82.6 Å². The van der Waals surface area contributed by atoms with E-state index in [-0.39, 0.29) is 28.9 Å². The fourth-order valence-corrected chi connectivity index (χ4v) is 3.16. The van der Waals surface area contributed by atoms with Crippen LogP contribution >= 0.6 is 0 Å². The molecule has 1 aliphatic heterocycles. The first kappa shape index (κ1) is 15.3. The van der Waals surface area contributed by atoms with E-state index in [0.717, 1.165) is 10.5 Å². The molecule has 1 heterocycles. The third kappa shape index (κ3) is 2.44. The maximum atomic E-state index is 12.9. The molecule has 25 heavy (non-hydrogen) atoms. The number of hydrogen-bond acceptors (Lipinski definition) is 5. The van der Waals surface area contributed by atoms with Gasteiger partial charge < -0.3 is 10.4 Å². The number of nitrogens with zero attached hydrogens (tertiary/aromatic N) is 2. The maximum Gasteiger partial charge on any atom is 0.261 e. The molecule has 1 N–H and O–H groups in total. The summed E-state index contributed by atoms with van der Waals surface area (Å²) in [5.41, 5.74) is 1.41. The number of carbonyl (C=O) groups excluding carboxylic acids is 2. The van der Waals surface area contributed by atoms with Gasteiger partial charge in [-0.1, -0.05) is 42.5 Å². The molecule has 0 radical (unpaired) electrons. The molecule has 6 nitrogen and oxygen atoms in total. The Bertz CT molecular complexity index is 999. The Balaban J connectivity index is 1.88. The number of hydrogen-bond donors (Lipinski definition) is 1. The van der Waals surface area contributed by atoms with Crippen molar-refractivity contribution >= 4 is 28.3 Å². The van der Waals surface area contributed by atoms with Crippen molar-refractivity contribution in [3.63, 3.8) is 0 Å². The molecule has 3 aromatic rings. The van der Waals surface area contributed by atoms with Crippen molar-refractivity contribution in [3.8, 4) is 0 Å². The molecule has 0 aromatic heterocycles. The maximum absolute atomic E-state index is 12.9. The van der Waals surface area contributed by atoms with Gasteiger partial charge in [-0.3, -0.25) is 19.7 Å². The Morgan fingerprint density at radius 3 is 2.36 bits per heavy atom. The molecule has 0 unspecified atom stereocenters. The second kappa shape index (κ2) is 5.70. The zero-order valence-corrected chi connectivity index (χ0v) is 13.0. The minimum absolute atomic E-state index is 0.0537. The van der Waals surface area contributed by atoms with Crippen LogP contribution in [-0.4, -0.2) is 21.9 Å². The quantitative estimate of drug-likeness (QED) is 0.587. The van der Waals surface area contributed by atoms with Crippen LogP contribution in [0, 0.1) is 5.21 Å². The number of anilines is 1. The minimum atomic E-state index is -0.485. The van der Waals surface area contributed by atoms with E-state index >= 15 is 0 Å². The van der Waals surface area contributed by atoms with Gasteiger partial charge in [0, 0.05) is 10.9 Å². The lowest BCUT2D eigenvalue weighted by Gasteiger charge is -2.29. The molecule has 2 amide bonds. The number of benzene rings is 3. The third-order valence-electron chi connectivity index (χ3n) is 4.32. The number of imide groups is 1. The van der Waals surface area contributed by atoms with Crippen LogP contribution in [0.4, 0.5) is 5.69 Å². The molecule has 6 heteroatoms. The molecule has 124 valence electrons. The number of rotatable bonds is 3. The summed E-state index contributed by atoms with van der Waals surface area (Å²) in [4.78, 5) is 26.9. The molecule has 0 atom stereocenters. The van der Waals surface area contributed by atoms with Gasteiger partial charge in [-0.25, -0.2) is 0 Å². The Hall–Kier alpha value is -3.22. The molecule has 1 aliphatic rings. The van der Waals surface area contributed by atoms with Crippen LogP contribution in [0.2, 0.25) is 0 Å². The van der Waals surface area contributed by atoms with Gasteiger partial charge in [0.05, 0.1) is 17.8 Å². The van der Waals surface area contributed by atoms with Gasteiger partial charge in [0.1, 0.15) is 0 Å². The predicted octanol–water partition coefficient (Wildman–Crippen LogP) is 3.33. The summed E-state index contributed by atoms with van der Waals surface area (Å²) in [7, 11) is 0. The lowest BCUT2D eigenvalue weighted by Crippen LogP contribution is -2.39. The highest BCUT2D eigenvalue weighted by Gasteiger charge is 2.33. The molecule has 0 fully saturated rings. The molecular formula is C19H13N2O4-. The SMILES string of the molecule is O=C1c2cccc3cc(N([O-])O)cc(c23)C(=O)N1Cc1ccccc1. The Kier molecular flexibility index (Phi) is 3.49. The van der Waals surface area contributed by atoms with Crippen LogP contribution in [-0.2, 0) is 6.54 Å². The lowest BCUT2D eigenvalue weighted by atomic mass is 9.93. The zero-order chi connectivity index (χ0) is 17.6. The smallest absolute Gasteiger partial charge is 0.261 e. The summed E-state index contributed by atoms with van der Waals surface area (Å²) in [6.07, 6.45) is 0. The van der Waals surface area contributed by atoms with Gasteiger partial charge in [0.25, 0.3) is 11.8 Å². The summed E-state index contributed by atoms with van der Waals surface area (Å²) >= 11 is 0. The zero-order valence-electron chi connectivity index (χ0n) is 13.0. The highest BCUT2D eigenvalue weighted by molar-refractivity contribution is 6.25. The Morgan fingerprint density at radius 1 is 0.920 bits per heavy atom. The summed E-state index contributed by atoms with van der Waals surface area (Å²) in [6, 6.07) is 17.0. The van der Waals surface area contributed by atoms with Crippen LogP contribution < -0.4 is 5.23 Å². The highest BCUT2D eigenvalue weighted by atomic mass is 16.8. The summed E-state index contributed by atoms with van der Waals surface area (Å²) in [6.45, 7) is 0.138. The predicted molar refractivity (Wildman–Crippen MR) is 92.2 cm³/mol. The normalized spacial score (nSPS) is 13.4. The average molecular weight is 333 g/mol. The van der Waals surface area contributed by atoms with Gasteiger partial charge in [0.2, 0.25) is 0 Å². The van der Waals surface area contributed by atoms with E-state index < -0.39 is 5.91 Å². The van der Waals surface area contributed by atoms with E-state index in [1.165, 1.54) is 12.1 Å². The second-order valence-corrected chi connectivity index (χ2v) is 5.85.